The topological polar surface area (TPSA) is 41.6 Å². The summed E-state index contributed by atoms with van der Waals surface area (Å²) in [6.45, 7) is 5.35. The van der Waals surface area contributed by atoms with E-state index >= 15 is 0 Å². The van der Waals surface area contributed by atoms with Gasteiger partial charge in [-0.1, -0.05) is 6.92 Å². The minimum Gasteiger partial charge on any atom is -0.376 e. The molecule has 1 fully saturated rings. The van der Waals surface area contributed by atoms with Gasteiger partial charge in [0.15, 0.2) is 0 Å². The molecule has 0 aliphatic carbocycles. The molecule has 1 saturated heterocycles. The maximum Gasteiger partial charge on any atom is 0.223 e. The zero-order valence-electron chi connectivity index (χ0n) is 11.2. The molecule has 0 aromatic rings. The molecule has 4 heteroatoms. The first-order valence-electron chi connectivity index (χ1n) is 6.82. The van der Waals surface area contributed by atoms with Crippen LogP contribution in [0.4, 0.5) is 0 Å². The Labute approximate surface area is 105 Å². The van der Waals surface area contributed by atoms with Crippen LogP contribution < -0.4 is 5.32 Å². The summed E-state index contributed by atoms with van der Waals surface area (Å²) in [7, 11) is 1.88. The van der Waals surface area contributed by atoms with Crippen LogP contribution in [0.5, 0.6) is 0 Å². The lowest BCUT2D eigenvalue weighted by Gasteiger charge is -2.30. The standard InChI is InChI=1S/C13H26N2O2/c1-3-9-15(13(16)7-8-14-2)11-12-6-4-5-10-17-12/h12,14H,3-11H2,1-2H3. The van der Waals surface area contributed by atoms with Crippen molar-refractivity contribution >= 4 is 5.91 Å². The van der Waals surface area contributed by atoms with Crippen molar-refractivity contribution in [2.75, 3.05) is 33.3 Å². The van der Waals surface area contributed by atoms with Gasteiger partial charge in [-0.25, -0.2) is 0 Å². The van der Waals surface area contributed by atoms with Gasteiger partial charge in [0.1, 0.15) is 0 Å². The number of nitrogens with zero attached hydrogens (tertiary/aromatic N) is 1. The summed E-state index contributed by atoms with van der Waals surface area (Å²) < 4.78 is 5.70. The molecular weight excluding hydrogens is 216 g/mol. The number of carbonyl (C=O) groups is 1. The number of amides is 1. The van der Waals surface area contributed by atoms with Crippen LogP contribution in [0.2, 0.25) is 0 Å². The Bertz CT molecular complexity index is 215. The normalized spacial score (nSPS) is 20.2. The molecule has 100 valence electrons. The number of nitrogens with one attached hydrogen (secondary N) is 1. The average molecular weight is 242 g/mol. The van der Waals surface area contributed by atoms with E-state index in [9.17, 15) is 4.79 Å². The Balaban J connectivity index is 2.37. The molecule has 1 unspecified atom stereocenters. The largest absolute Gasteiger partial charge is 0.376 e. The van der Waals surface area contributed by atoms with Crippen LogP contribution in [0.3, 0.4) is 0 Å². The lowest BCUT2D eigenvalue weighted by Crippen LogP contribution is -2.41. The number of rotatable bonds is 7. The molecule has 1 N–H and O–H groups in total. The van der Waals surface area contributed by atoms with E-state index < -0.39 is 0 Å². The highest BCUT2D eigenvalue weighted by atomic mass is 16.5. The zero-order valence-corrected chi connectivity index (χ0v) is 11.2. The molecule has 1 amide bonds. The summed E-state index contributed by atoms with van der Waals surface area (Å²) in [4.78, 5) is 14.0. The number of hydrogen-bond donors (Lipinski definition) is 1. The molecule has 0 bridgehead atoms. The molecule has 0 aromatic carbocycles. The van der Waals surface area contributed by atoms with Gasteiger partial charge >= 0.3 is 0 Å². The maximum absolute atomic E-state index is 12.0. The van der Waals surface area contributed by atoms with Gasteiger partial charge in [-0.05, 0) is 32.7 Å². The van der Waals surface area contributed by atoms with Crippen LogP contribution in [0, 0.1) is 0 Å². The molecule has 1 heterocycles. The van der Waals surface area contributed by atoms with E-state index in [1.165, 1.54) is 6.42 Å². The number of hydrogen-bond acceptors (Lipinski definition) is 3. The van der Waals surface area contributed by atoms with Crippen molar-refractivity contribution in [1.29, 1.82) is 0 Å². The highest BCUT2D eigenvalue weighted by Gasteiger charge is 2.20. The van der Waals surface area contributed by atoms with E-state index in [0.29, 0.717) is 6.42 Å². The smallest absolute Gasteiger partial charge is 0.223 e. The first-order chi connectivity index (χ1) is 8.27. The van der Waals surface area contributed by atoms with E-state index in [0.717, 1.165) is 45.5 Å². The summed E-state index contributed by atoms with van der Waals surface area (Å²) >= 11 is 0. The van der Waals surface area contributed by atoms with E-state index in [1.54, 1.807) is 0 Å². The van der Waals surface area contributed by atoms with Crippen LogP contribution in [-0.4, -0.2) is 50.2 Å². The summed E-state index contributed by atoms with van der Waals surface area (Å²) in [5, 5.41) is 3.02. The van der Waals surface area contributed by atoms with Crippen molar-refractivity contribution in [3.63, 3.8) is 0 Å². The molecule has 0 spiro atoms. The zero-order chi connectivity index (χ0) is 12.5. The summed E-state index contributed by atoms with van der Waals surface area (Å²) in [6, 6.07) is 0. The quantitative estimate of drug-likeness (QED) is 0.734. The Morgan fingerprint density at radius 3 is 2.88 bits per heavy atom. The molecule has 1 atom stereocenters. The van der Waals surface area contributed by atoms with Crippen molar-refractivity contribution in [2.24, 2.45) is 0 Å². The molecule has 4 nitrogen and oxygen atoms in total. The van der Waals surface area contributed by atoms with Gasteiger partial charge in [-0.2, -0.15) is 0 Å². The van der Waals surface area contributed by atoms with Gasteiger partial charge in [0.25, 0.3) is 0 Å². The second kappa shape index (κ2) is 8.48. The minimum atomic E-state index is 0.246. The Morgan fingerprint density at radius 1 is 1.47 bits per heavy atom. The molecule has 0 radical (unpaired) electrons. The van der Waals surface area contributed by atoms with Crippen LogP contribution in [0.15, 0.2) is 0 Å². The van der Waals surface area contributed by atoms with Crippen molar-refractivity contribution in [2.45, 2.75) is 45.1 Å². The fourth-order valence-corrected chi connectivity index (χ4v) is 2.17. The molecule has 17 heavy (non-hydrogen) atoms. The number of carbonyl (C=O) groups excluding carboxylic acids is 1. The van der Waals surface area contributed by atoms with E-state index in [1.807, 2.05) is 11.9 Å². The van der Waals surface area contributed by atoms with Crippen LogP contribution >= 0.6 is 0 Å². The van der Waals surface area contributed by atoms with Crippen molar-refractivity contribution in [3.05, 3.63) is 0 Å². The summed E-state index contributed by atoms with van der Waals surface area (Å²) in [6.07, 6.45) is 5.35. The van der Waals surface area contributed by atoms with Gasteiger partial charge in [0.2, 0.25) is 5.91 Å². The van der Waals surface area contributed by atoms with E-state index in [4.69, 9.17) is 4.74 Å². The van der Waals surface area contributed by atoms with Crippen molar-refractivity contribution < 1.29 is 9.53 Å². The predicted octanol–water partition coefficient (Wildman–Crippen LogP) is 1.40. The minimum absolute atomic E-state index is 0.246. The molecule has 0 aromatic heterocycles. The predicted molar refractivity (Wildman–Crippen MR) is 69.0 cm³/mol. The van der Waals surface area contributed by atoms with E-state index in [2.05, 4.69) is 12.2 Å². The Kier molecular flexibility index (Phi) is 7.21. The van der Waals surface area contributed by atoms with Gasteiger partial charge in [-0.15, -0.1) is 0 Å². The second-order valence-electron chi connectivity index (χ2n) is 4.68. The SMILES string of the molecule is CCCN(CC1CCCCO1)C(=O)CCNC. The van der Waals surface area contributed by atoms with Crippen molar-refractivity contribution in [3.8, 4) is 0 Å². The van der Waals surface area contributed by atoms with Gasteiger partial charge in [-0.3, -0.25) is 4.79 Å². The Hall–Kier alpha value is -0.610. The lowest BCUT2D eigenvalue weighted by atomic mass is 10.1. The van der Waals surface area contributed by atoms with Crippen LogP contribution in [0.1, 0.15) is 39.0 Å². The molecule has 1 aliphatic heterocycles. The highest BCUT2D eigenvalue weighted by Crippen LogP contribution is 2.14. The molecule has 1 rings (SSSR count). The Morgan fingerprint density at radius 2 is 2.29 bits per heavy atom. The monoisotopic (exact) mass is 242 g/mol. The van der Waals surface area contributed by atoms with Gasteiger partial charge in [0, 0.05) is 32.7 Å². The summed E-state index contributed by atoms with van der Waals surface area (Å²) in [5.41, 5.74) is 0. The van der Waals surface area contributed by atoms with Crippen LogP contribution in [0.25, 0.3) is 0 Å². The highest BCUT2D eigenvalue weighted by molar-refractivity contribution is 5.76. The van der Waals surface area contributed by atoms with Crippen molar-refractivity contribution in [1.82, 2.24) is 10.2 Å². The first-order valence-corrected chi connectivity index (χ1v) is 6.82. The third kappa shape index (κ3) is 5.50. The fraction of sp³-hybridized carbons (Fsp3) is 0.923. The molecule has 0 saturated carbocycles. The van der Waals surface area contributed by atoms with Gasteiger partial charge in [0.05, 0.1) is 6.10 Å². The third-order valence-electron chi connectivity index (χ3n) is 3.13. The second-order valence-corrected chi connectivity index (χ2v) is 4.68. The van der Waals surface area contributed by atoms with Crippen LogP contribution in [-0.2, 0) is 9.53 Å². The molecule has 1 aliphatic rings. The average Bonchev–Trinajstić information content (AvgIpc) is 2.36. The maximum atomic E-state index is 12.0. The fourth-order valence-electron chi connectivity index (χ4n) is 2.17. The first kappa shape index (κ1) is 14.5. The number of ether oxygens (including phenoxy) is 1. The van der Waals surface area contributed by atoms with Gasteiger partial charge < -0.3 is 15.0 Å². The third-order valence-corrected chi connectivity index (χ3v) is 3.13. The molecular formula is C13H26N2O2. The van der Waals surface area contributed by atoms with E-state index in [-0.39, 0.29) is 12.0 Å². The lowest BCUT2D eigenvalue weighted by molar-refractivity contribution is -0.133. The summed E-state index contributed by atoms with van der Waals surface area (Å²) in [5.74, 6) is 0.246.